The van der Waals surface area contributed by atoms with Crippen molar-refractivity contribution in [2.24, 2.45) is 0 Å². The predicted octanol–water partition coefficient (Wildman–Crippen LogP) is 4.16. The molecule has 8 heteroatoms. The zero-order valence-corrected chi connectivity index (χ0v) is 17.3. The second-order valence-electron chi connectivity index (χ2n) is 7.85. The lowest BCUT2D eigenvalue weighted by Gasteiger charge is -2.10. The zero-order valence-electron chi connectivity index (χ0n) is 17.3. The molecule has 0 atom stereocenters. The van der Waals surface area contributed by atoms with Crippen LogP contribution < -0.4 is 16.3 Å². The first-order valence-electron chi connectivity index (χ1n) is 10.6. The second-order valence-corrected chi connectivity index (χ2v) is 7.85. The van der Waals surface area contributed by atoms with E-state index in [1.807, 2.05) is 42.5 Å². The molecule has 1 fully saturated rings. The van der Waals surface area contributed by atoms with Crippen molar-refractivity contribution in [1.82, 2.24) is 19.7 Å². The summed E-state index contributed by atoms with van der Waals surface area (Å²) in [5.41, 5.74) is 1.19. The van der Waals surface area contributed by atoms with E-state index in [2.05, 4.69) is 15.7 Å². The van der Waals surface area contributed by atoms with Crippen molar-refractivity contribution in [2.45, 2.75) is 25.4 Å². The summed E-state index contributed by atoms with van der Waals surface area (Å²) in [5.74, 6) is 0.188. The Morgan fingerprint density at radius 3 is 2.56 bits per heavy atom. The molecule has 1 aliphatic carbocycles. The quantitative estimate of drug-likeness (QED) is 0.481. The van der Waals surface area contributed by atoms with Crippen LogP contribution in [0.15, 0.2) is 71.5 Å². The van der Waals surface area contributed by atoms with Gasteiger partial charge < -0.3 is 10.6 Å². The van der Waals surface area contributed by atoms with Crippen LogP contribution in [0.25, 0.3) is 22.2 Å². The molecule has 0 bridgehead atoms. The van der Waals surface area contributed by atoms with Gasteiger partial charge in [0.15, 0.2) is 5.82 Å². The summed E-state index contributed by atoms with van der Waals surface area (Å²) >= 11 is 0. The molecule has 162 valence electrons. The minimum Gasteiger partial charge on any atom is -0.336 e. The van der Waals surface area contributed by atoms with E-state index in [1.54, 1.807) is 16.7 Å². The third-order valence-corrected chi connectivity index (χ3v) is 5.53. The molecule has 32 heavy (non-hydrogen) atoms. The largest absolute Gasteiger partial charge is 0.346 e. The lowest BCUT2D eigenvalue weighted by Crippen LogP contribution is -2.34. The van der Waals surface area contributed by atoms with Crippen molar-refractivity contribution in [2.75, 3.05) is 11.9 Å². The van der Waals surface area contributed by atoms with Gasteiger partial charge >= 0.3 is 11.7 Å². The van der Waals surface area contributed by atoms with E-state index in [-0.39, 0.29) is 36.7 Å². The Kier molecular flexibility index (Phi) is 5.18. The summed E-state index contributed by atoms with van der Waals surface area (Å²) in [5, 5.41) is 12.1. The molecule has 5 rings (SSSR count). The Labute approximate surface area is 183 Å². The number of fused-ring (bicyclic) bond motifs is 1. The Morgan fingerprint density at radius 2 is 1.78 bits per heavy atom. The van der Waals surface area contributed by atoms with Crippen LogP contribution in [-0.2, 0) is 6.54 Å². The topological polar surface area (TPSA) is 81.0 Å². The normalized spacial score (nSPS) is 13.3. The zero-order chi connectivity index (χ0) is 22.1. The van der Waals surface area contributed by atoms with Crippen LogP contribution in [0.5, 0.6) is 0 Å². The van der Waals surface area contributed by atoms with Crippen LogP contribution in [0.4, 0.5) is 14.9 Å². The molecule has 1 aromatic heterocycles. The summed E-state index contributed by atoms with van der Waals surface area (Å²) < 4.78 is 16.3. The van der Waals surface area contributed by atoms with E-state index < -0.39 is 0 Å². The number of halogens is 1. The van der Waals surface area contributed by atoms with Gasteiger partial charge in [-0.3, -0.25) is 4.57 Å². The average Bonchev–Trinajstić information content (AvgIpc) is 3.58. The summed E-state index contributed by atoms with van der Waals surface area (Å²) in [6.07, 6.45) is 1.84. The molecule has 2 amide bonds. The first-order chi connectivity index (χ1) is 15.6. The molecule has 1 saturated carbocycles. The summed E-state index contributed by atoms with van der Waals surface area (Å²) in [6.45, 7) is 0.469. The van der Waals surface area contributed by atoms with Crippen molar-refractivity contribution in [3.8, 4) is 11.4 Å². The minimum atomic E-state index is -0.352. The SMILES string of the molecule is O=C(NCCn1nc(-c2ccc(F)cc2)n(C2CC2)c1=O)Nc1cccc2ccccc12. The van der Waals surface area contributed by atoms with Crippen molar-refractivity contribution < 1.29 is 9.18 Å². The smallest absolute Gasteiger partial charge is 0.336 e. The molecular weight excluding hydrogens is 409 g/mol. The standard InChI is InChI=1S/C24H22FN5O2/c25-18-10-8-17(9-11-18)22-28-29(24(32)30(22)19-12-13-19)15-14-26-23(31)27-21-7-3-5-16-4-1-2-6-20(16)21/h1-11,19H,12-15H2,(H2,26,27,31). The maximum atomic E-state index is 13.3. The van der Waals surface area contributed by atoms with Gasteiger partial charge in [0.25, 0.3) is 0 Å². The number of nitrogens with zero attached hydrogens (tertiary/aromatic N) is 3. The molecule has 2 N–H and O–H groups in total. The van der Waals surface area contributed by atoms with Crippen LogP contribution in [0.2, 0.25) is 0 Å². The maximum absolute atomic E-state index is 13.3. The van der Waals surface area contributed by atoms with Crippen LogP contribution in [0.1, 0.15) is 18.9 Å². The summed E-state index contributed by atoms with van der Waals surface area (Å²) in [7, 11) is 0. The molecule has 3 aromatic carbocycles. The van der Waals surface area contributed by atoms with Gasteiger partial charge in [-0.05, 0) is 48.6 Å². The van der Waals surface area contributed by atoms with E-state index >= 15 is 0 Å². The monoisotopic (exact) mass is 431 g/mol. The first-order valence-corrected chi connectivity index (χ1v) is 10.6. The lowest BCUT2D eigenvalue weighted by molar-refractivity contribution is 0.251. The van der Waals surface area contributed by atoms with Gasteiger partial charge in [-0.25, -0.2) is 18.7 Å². The number of carbonyl (C=O) groups excluding carboxylic acids is 1. The first kappa shape index (κ1) is 20.0. The Bertz CT molecular complexity index is 1330. The number of hydrogen-bond donors (Lipinski definition) is 2. The van der Waals surface area contributed by atoms with Crippen LogP contribution in [-0.4, -0.2) is 26.9 Å². The van der Waals surface area contributed by atoms with E-state index in [0.29, 0.717) is 11.4 Å². The lowest BCUT2D eigenvalue weighted by atomic mass is 10.1. The fourth-order valence-electron chi connectivity index (χ4n) is 3.80. The molecule has 1 heterocycles. The van der Waals surface area contributed by atoms with Crippen LogP contribution >= 0.6 is 0 Å². The number of hydrogen-bond acceptors (Lipinski definition) is 3. The van der Waals surface area contributed by atoms with Gasteiger partial charge in [-0.15, -0.1) is 5.10 Å². The molecule has 0 aliphatic heterocycles. The number of anilines is 1. The number of carbonyl (C=O) groups is 1. The molecule has 4 aromatic rings. The van der Waals surface area contributed by atoms with Gasteiger partial charge in [0.05, 0.1) is 12.2 Å². The van der Waals surface area contributed by atoms with E-state index in [9.17, 15) is 14.0 Å². The molecule has 0 unspecified atom stereocenters. The van der Waals surface area contributed by atoms with Crippen LogP contribution in [0.3, 0.4) is 0 Å². The van der Waals surface area contributed by atoms with Crippen molar-refractivity contribution in [1.29, 1.82) is 0 Å². The Morgan fingerprint density at radius 1 is 1.03 bits per heavy atom. The van der Waals surface area contributed by atoms with E-state index in [4.69, 9.17) is 0 Å². The third kappa shape index (κ3) is 3.99. The molecule has 0 radical (unpaired) electrons. The number of benzene rings is 3. The maximum Gasteiger partial charge on any atom is 0.346 e. The van der Waals surface area contributed by atoms with E-state index in [0.717, 1.165) is 29.3 Å². The molecule has 1 aliphatic rings. The number of aromatic nitrogens is 3. The minimum absolute atomic E-state index is 0.124. The summed E-state index contributed by atoms with van der Waals surface area (Å²) in [6, 6.07) is 19.3. The van der Waals surface area contributed by atoms with Crippen molar-refractivity contribution in [3.05, 3.63) is 83.0 Å². The highest BCUT2D eigenvalue weighted by Gasteiger charge is 2.30. The van der Waals surface area contributed by atoms with Gasteiger partial charge in [0, 0.05) is 23.5 Å². The number of rotatable bonds is 6. The van der Waals surface area contributed by atoms with Crippen molar-refractivity contribution in [3.63, 3.8) is 0 Å². The highest BCUT2D eigenvalue weighted by atomic mass is 19.1. The number of nitrogens with one attached hydrogen (secondary N) is 2. The number of amides is 2. The van der Waals surface area contributed by atoms with Gasteiger partial charge in [-0.2, -0.15) is 0 Å². The predicted molar refractivity (Wildman–Crippen MR) is 121 cm³/mol. The Hall–Kier alpha value is -3.94. The Balaban J connectivity index is 1.28. The molecule has 0 spiro atoms. The highest BCUT2D eigenvalue weighted by Crippen LogP contribution is 2.36. The van der Waals surface area contributed by atoms with Gasteiger partial charge in [0.1, 0.15) is 5.82 Å². The fourth-order valence-corrected chi connectivity index (χ4v) is 3.80. The van der Waals surface area contributed by atoms with Crippen molar-refractivity contribution >= 4 is 22.5 Å². The van der Waals surface area contributed by atoms with Crippen LogP contribution in [0, 0.1) is 5.82 Å². The fraction of sp³-hybridized carbons (Fsp3) is 0.208. The van der Waals surface area contributed by atoms with Gasteiger partial charge in [-0.1, -0.05) is 36.4 Å². The average molecular weight is 431 g/mol. The van der Waals surface area contributed by atoms with Gasteiger partial charge in [0.2, 0.25) is 0 Å². The van der Waals surface area contributed by atoms with E-state index in [1.165, 1.54) is 16.8 Å². The highest BCUT2D eigenvalue weighted by molar-refractivity contribution is 6.01. The molecule has 0 saturated heterocycles. The third-order valence-electron chi connectivity index (χ3n) is 5.53. The number of urea groups is 1. The summed E-state index contributed by atoms with van der Waals surface area (Å²) in [4.78, 5) is 25.3. The molecule has 7 nitrogen and oxygen atoms in total. The second kappa shape index (κ2) is 8.30. The molecular formula is C24H22FN5O2.